The number of rotatable bonds is 2. The Bertz CT molecular complexity index is 360. The van der Waals surface area contributed by atoms with Crippen LogP contribution in [0.5, 0.6) is 0 Å². The SMILES string of the molecule is Cc1ccsc1/C=N/S(=O)C(C)(C)C. The first-order valence-electron chi connectivity index (χ1n) is 4.41. The van der Waals surface area contributed by atoms with Crippen molar-refractivity contribution in [1.82, 2.24) is 0 Å². The molecule has 0 amide bonds. The maximum absolute atomic E-state index is 11.6. The number of aryl methyl sites for hydroxylation is 1. The van der Waals surface area contributed by atoms with Gasteiger partial charge in [-0.05, 0) is 44.7 Å². The third-order valence-electron chi connectivity index (χ3n) is 1.69. The van der Waals surface area contributed by atoms with Crippen LogP contribution in [-0.4, -0.2) is 15.2 Å². The average Bonchev–Trinajstić information content (AvgIpc) is 2.45. The Hall–Kier alpha value is -0.480. The molecule has 78 valence electrons. The second-order valence-electron chi connectivity index (χ2n) is 4.06. The molecule has 0 saturated carbocycles. The summed E-state index contributed by atoms with van der Waals surface area (Å²) >= 11 is 1.62. The lowest BCUT2D eigenvalue weighted by Gasteiger charge is -2.12. The zero-order valence-corrected chi connectivity index (χ0v) is 10.5. The Kier molecular flexibility index (Phi) is 3.61. The third kappa shape index (κ3) is 3.03. The molecule has 0 aliphatic carbocycles. The number of nitrogens with zero attached hydrogens (tertiary/aromatic N) is 1. The highest BCUT2D eigenvalue weighted by Gasteiger charge is 2.18. The molecule has 0 radical (unpaired) electrons. The molecule has 1 atom stereocenters. The van der Waals surface area contributed by atoms with Crippen LogP contribution in [0.3, 0.4) is 0 Å². The van der Waals surface area contributed by atoms with E-state index in [1.807, 2.05) is 39.1 Å². The van der Waals surface area contributed by atoms with Crippen LogP contribution in [0.1, 0.15) is 31.2 Å². The van der Waals surface area contributed by atoms with Gasteiger partial charge in [-0.2, -0.15) is 4.40 Å². The topological polar surface area (TPSA) is 29.4 Å². The van der Waals surface area contributed by atoms with Crippen molar-refractivity contribution in [3.05, 3.63) is 21.9 Å². The van der Waals surface area contributed by atoms with E-state index in [4.69, 9.17) is 0 Å². The van der Waals surface area contributed by atoms with Crippen molar-refractivity contribution in [3.8, 4) is 0 Å². The van der Waals surface area contributed by atoms with Gasteiger partial charge in [0.2, 0.25) is 0 Å². The standard InChI is InChI=1S/C10H15NOS2/c1-8-5-6-13-9(8)7-11-14(12)10(2,3)4/h5-7H,1-4H3/b11-7+. The van der Waals surface area contributed by atoms with E-state index in [0.29, 0.717) is 0 Å². The van der Waals surface area contributed by atoms with Gasteiger partial charge in [-0.15, -0.1) is 11.3 Å². The van der Waals surface area contributed by atoms with Crippen LogP contribution < -0.4 is 0 Å². The van der Waals surface area contributed by atoms with Gasteiger partial charge in [0.1, 0.15) is 11.0 Å². The smallest absolute Gasteiger partial charge is 0.144 e. The fourth-order valence-electron chi connectivity index (χ4n) is 0.771. The Balaban J connectivity index is 2.75. The van der Waals surface area contributed by atoms with Gasteiger partial charge in [0.05, 0.1) is 11.0 Å². The highest BCUT2D eigenvalue weighted by Crippen LogP contribution is 2.15. The fourth-order valence-corrected chi connectivity index (χ4v) is 2.14. The summed E-state index contributed by atoms with van der Waals surface area (Å²) in [5.74, 6) is 0. The first kappa shape index (κ1) is 11.6. The molecule has 0 bridgehead atoms. The van der Waals surface area contributed by atoms with Crippen molar-refractivity contribution in [2.45, 2.75) is 32.4 Å². The van der Waals surface area contributed by atoms with Gasteiger partial charge in [-0.25, -0.2) is 4.21 Å². The minimum atomic E-state index is -1.15. The van der Waals surface area contributed by atoms with E-state index in [9.17, 15) is 4.21 Å². The lowest BCUT2D eigenvalue weighted by Crippen LogP contribution is -2.19. The molecule has 1 heterocycles. The number of thiophene rings is 1. The number of hydrogen-bond acceptors (Lipinski definition) is 2. The average molecular weight is 229 g/mol. The molecule has 1 unspecified atom stereocenters. The minimum absolute atomic E-state index is 0.276. The minimum Gasteiger partial charge on any atom is -0.234 e. The Labute approximate surface area is 91.7 Å². The lowest BCUT2D eigenvalue weighted by molar-refractivity contribution is 0.651. The fraction of sp³-hybridized carbons (Fsp3) is 0.500. The van der Waals surface area contributed by atoms with Crippen molar-refractivity contribution in [2.24, 2.45) is 4.40 Å². The van der Waals surface area contributed by atoms with Crippen LogP contribution in [0.25, 0.3) is 0 Å². The highest BCUT2D eigenvalue weighted by atomic mass is 32.2. The van der Waals surface area contributed by atoms with Gasteiger partial charge in [-0.3, -0.25) is 0 Å². The quantitative estimate of drug-likeness (QED) is 0.717. The van der Waals surface area contributed by atoms with E-state index in [1.54, 1.807) is 17.6 Å². The lowest BCUT2D eigenvalue weighted by atomic mass is 10.3. The Morgan fingerprint density at radius 3 is 2.57 bits per heavy atom. The zero-order valence-electron chi connectivity index (χ0n) is 8.90. The van der Waals surface area contributed by atoms with Crippen LogP contribution in [-0.2, 0) is 11.0 Å². The summed E-state index contributed by atoms with van der Waals surface area (Å²) in [6.07, 6.45) is 1.71. The molecule has 14 heavy (non-hydrogen) atoms. The Morgan fingerprint density at radius 2 is 2.14 bits per heavy atom. The second kappa shape index (κ2) is 4.36. The summed E-state index contributed by atoms with van der Waals surface area (Å²) in [7, 11) is -1.15. The maximum Gasteiger partial charge on any atom is 0.144 e. The van der Waals surface area contributed by atoms with Crippen LogP contribution in [0.2, 0.25) is 0 Å². The normalized spacial score (nSPS) is 14.9. The van der Waals surface area contributed by atoms with Crippen LogP contribution in [0.4, 0.5) is 0 Å². The van der Waals surface area contributed by atoms with Crippen LogP contribution in [0, 0.1) is 6.92 Å². The van der Waals surface area contributed by atoms with E-state index < -0.39 is 11.0 Å². The van der Waals surface area contributed by atoms with Gasteiger partial charge >= 0.3 is 0 Å². The maximum atomic E-state index is 11.6. The number of hydrogen-bond donors (Lipinski definition) is 0. The summed E-state index contributed by atoms with van der Waals surface area (Å²) in [6, 6.07) is 2.03. The highest BCUT2D eigenvalue weighted by molar-refractivity contribution is 7.85. The van der Waals surface area contributed by atoms with Crippen molar-refractivity contribution in [3.63, 3.8) is 0 Å². The van der Waals surface area contributed by atoms with Gasteiger partial charge < -0.3 is 0 Å². The monoisotopic (exact) mass is 229 g/mol. The van der Waals surface area contributed by atoms with Gasteiger partial charge in [0.15, 0.2) is 0 Å². The molecule has 1 aromatic rings. The van der Waals surface area contributed by atoms with E-state index in [1.165, 1.54) is 5.56 Å². The van der Waals surface area contributed by atoms with E-state index >= 15 is 0 Å². The molecular weight excluding hydrogens is 214 g/mol. The van der Waals surface area contributed by atoms with E-state index in [0.717, 1.165) is 4.88 Å². The molecule has 0 N–H and O–H groups in total. The van der Waals surface area contributed by atoms with Gasteiger partial charge in [0, 0.05) is 4.88 Å². The predicted molar refractivity (Wildman–Crippen MR) is 64.5 cm³/mol. The molecule has 0 spiro atoms. The first-order chi connectivity index (χ1) is 6.41. The third-order valence-corrected chi connectivity index (χ3v) is 3.99. The molecule has 2 nitrogen and oxygen atoms in total. The van der Waals surface area contributed by atoms with Gasteiger partial charge in [-0.1, -0.05) is 0 Å². The van der Waals surface area contributed by atoms with Gasteiger partial charge in [0.25, 0.3) is 0 Å². The first-order valence-corrected chi connectivity index (χ1v) is 6.40. The molecule has 0 aliphatic rings. The molecule has 4 heteroatoms. The van der Waals surface area contributed by atoms with Crippen molar-refractivity contribution < 1.29 is 4.21 Å². The summed E-state index contributed by atoms with van der Waals surface area (Å²) in [5, 5.41) is 2.01. The van der Waals surface area contributed by atoms with Crippen molar-refractivity contribution >= 4 is 28.5 Å². The molecule has 1 aromatic heterocycles. The molecule has 0 aromatic carbocycles. The van der Waals surface area contributed by atoms with E-state index in [2.05, 4.69) is 4.40 Å². The Morgan fingerprint density at radius 1 is 1.50 bits per heavy atom. The summed E-state index contributed by atoms with van der Waals surface area (Å²) in [5.41, 5.74) is 1.18. The molecule has 0 fully saturated rings. The molecular formula is C10H15NOS2. The second-order valence-corrected chi connectivity index (χ2v) is 6.95. The van der Waals surface area contributed by atoms with Crippen LogP contribution in [0.15, 0.2) is 15.8 Å². The van der Waals surface area contributed by atoms with Crippen molar-refractivity contribution in [2.75, 3.05) is 0 Å². The summed E-state index contributed by atoms with van der Waals surface area (Å²) in [6.45, 7) is 7.78. The zero-order chi connectivity index (χ0) is 10.8. The predicted octanol–water partition coefficient (Wildman–Crippen LogP) is 2.94. The molecule has 1 rings (SSSR count). The van der Waals surface area contributed by atoms with Crippen LogP contribution >= 0.6 is 11.3 Å². The largest absolute Gasteiger partial charge is 0.234 e. The summed E-state index contributed by atoms with van der Waals surface area (Å²) in [4.78, 5) is 1.09. The molecule has 0 aliphatic heterocycles. The van der Waals surface area contributed by atoms with Crippen molar-refractivity contribution in [1.29, 1.82) is 0 Å². The molecule has 0 saturated heterocycles. The van der Waals surface area contributed by atoms with E-state index in [-0.39, 0.29) is 4.75 Å². The summed E-state index contributed by atoms with van der Waals surface area (Å²) < 4.78 is 15.4.